The number of nitrogens with zero attached hydrogens (tertiary/aromatic N) is 4. The zero-order valence-corrected chi connectivity index (χ0v) is 30.7. The van der Waals surface area contributed by atoms with Crippen LogP contribution >= 0.6 is 22.9 Å². The summed E-state index contributed by atoms with van der Waals surface area (Å²) in [6.07, 6.45) is 0.147. The van der Waals surface area contributed by atoms with Crippen molar-refractivity contribution in [2.75, 3.05) is 13.1 Å². The van der Waals surface area contributed by atoms with Crippen molar-refractivity contribution in [3.63, 3.8) is 0 Å². The number of thiophene rings is 1. The van der Waals surface area contributed by atoms with Crippen molar-refractivity contribution < 1.29 is 23.9 Å². The summed E-state index contributed by atoms with van der Waals surface area (Å²) in [7, 11) is 0. The van der Waals surface area contributed by atoms with E-state index in [1.807, 2.05) is 35.8 Å². The summed E-state index contributed by atoms with van der Waals surface area (Å²) < 4.78 is 7.94. The first-order valence-electron chi connectivity index (χ1n) is 16.9. The molecule has 0 fully saturated rings. The molecule has 0 aliphatic carbocycles. The number of aliphatic imine (C=N–C) groups is 1. The van der Waals surface area contributed by atoms with Crippen molar-refractivity contribution in [1.29, 1.82) is 0 Å². The molecule has 0 bridgehead atoms. The van der Waals surface area contributed by atoms with Crippen molar-refractivity contribution in [2.45, 2.75) is 46.2 Å². The van der Waals surface area contributed by atoms with E-state index in [0.717, 1.165) is 37.8 Å². The number of aryl methyl sites for hydroxylation is 2. The topological polar surface area (TPSA) is 169 Å². The number of aromatic nitrogens is 3. The van der Waals surface area contributed by atoms with Gasteiger partial charge in [0.1, 0.15) is 28.4 Å². The van der Waals surface area contributed by atoms with Crippen LogP contribution in [0.1, 0.15) is 67.2 Å². The predicted molar refractivity (Wildman–Crippen MR) is 200 cm³/mol. The van der Waals surface area contributed by atoms with Crippen LogP contribution in [0.3, 0.4) is 0 Å². The number of amides is 5. The van der Waals surface area contributed by atoms with E-state index in [-0.39, 0.29) is 44.3 Å². The van der Waals surface area contributed by atoms with Crippen LogP contribution in [-0.4, -0.2) is 57.3 Å². The minimum absolute atomic E-state index is 0.0354. The second-order valence-electron chi connectivity index (χ2n) is 12.7. The molecule has 0 unspecified atom stereocenters. The summed E-state index contributed by atoms with van der Waals surface area (Å²) >= 11 is 7.85. The van der Waals surface area contributed by atoms with E-state index in [4.69, 9.17) is 21.3 Å². The minimum atomic E-state index is -0.600. The lowest BCUT2D eigenvalue weighted by Gasteiger charge is -2.18. The number of benzene rings is 3. The van der Waals surface area contributed by atoms with Gasteiger partial charge in [0.2, 0.25) is 11.8 Å². The molecule has 0 spiro atoms. The number of ether oxygens (including phenoxy) is 1. The lowest BCUT2D eigenvalue weighted by atomic mass is 9.99. The molecule has 270 valence electrons. The molecule has 1 atom stereocenters. The minimum Gasteiger partial charge on any atom is -0.457 e. The Balaban J connectivity index is 0.921. The maximum atomic E-state index is 13.2. The molecule has 13 nitrogen and oxygen atoms in total. The lowest BCUT2D eigenvalue weighted by molar-refractivity contribution is -0.121. The van der Waals surface area contributed by atoms with Crippen LogP contribution in [0.15, 0.2) is 71.7 Å². The van der Waals surface area contributed by atoms with Gasteiger partial charge in [-0.05, 0) is 67.8 Å². The van der Waals surface area contributed by atoms with E-state index >= 15 is 0 Å². The van der Waals surface area contributed by atoms with Crippen molar-refractivity contribution in [3.8, 4) is 16.5 Å². The smallest absolute Gasteiger partial charge is 0.315 e. The van der Waals surface area contributed by atoms with Crippen molar-refractivity contribution in [2.24, 2.45) is 4.99 Å². The van der Waals surface area contributed by atoms with Crippen molar-refractivity contribution in [3.05, 3.63) is 122 Å². The largest absolute Gasteiger partial charge is 0.457 e. The fourth-order valence-electron chi connectivity index (χ4n) is 6.28. The predicted octanol–water partition coefficient (Wildman–Crippen LogP) is 5.41. The van der Waals surface area contributed by atoms with Gasteiger partial charge in [0.25, 0.3) is 5.91 Å². The normalized spacial score (nSPS) is 14.6. The van der Waals surface area contributed by atoms with Crippen LogP contribution in [0.4, 0.5) is 4.79 Å². The summed E-state index contributed by atoms with van der Waals surface area (Å²) in [4.78, 5) is 56.1. The molecular weight excluding hydrogens is 716 g/mol. The van der Waals surface area contributed by atoms with Gasteiger partial charge in [-0.2, -0.15) is 0 Å². The third-order valence-electron chi connectivity index (χ3n) is 9.02. The number of hydrogen-bond acceptors (Lipinski definition) is 9. The first-order chi connectivity index (χ1) is 25.5. The van der Waals surface area contributed by atoms with Gasteiger partial charge in [0.15, 0.2) is 5.82 Å². The van der Waals surface area contributed by atoms with Crippen molar-refractivity contribution in [1.82, 2.24) is 36.0 Å². The molecule has 3 aromatic carbocycles. The van der Waals surface area contributed by atoms with E-state index in [2.05, 4.69) is 45.3 Å². The second-order valence-corrected chi connectivity index (χ2v) is 14.3. The van der Waals surface area contributed by atoms with E-state index in [9.17, 15) is 19.2 Å². The Morgan fingerprint density at radius 3 is 2.47 bits per heavy atom. The molecule has 0 radical (unpaired) electrons. The Morgan fingerprint density at radius 1 is 0.943 bits per heavy atom. The summed E-state index contributed by atoms with van der Waals surface area (Å²) in [6.45, 7) is 6.72. The highest BCUT2D eigenvalue weighted by molar-refractivity contribution is 7.15. The molecule has 4 N–H and O–H groups in total. The number of urea groups is 1. The third-order valence-corrected chi connectivity index (χ3v) is 10.5. The third kappa shape index (κ3) is 7.55. The Hall–Kier alpha value is -5.86. The van der Waals surface area contributed by atoms with Crippen LogP contribution in [0.25, 0.3) is 5.00 Å². The molecule has 5 aromatic rings. The highest BCUT2D eigenvalue weighted by Gasteiger charge is 2.32. The standard InChI is InChI=1S/C38H35ClN8O5S/c1-20-21(2)53-37-32(20)34(24-9-11-26(39)12-10-24)43-28(35-46-45-22(3)47(35)37)18-30(48)40-15-16-41-38(51)42-19-23-7-13-27(14-8-23)52-29-6-4-5-25-17-31(49)44-36(50)33(25)29/h4-14,28H,15-19H2,1-3H3,(H,40,48)(H2,41,42,51)(H,44,49,50)/t28-/m0/s1. The number of hydrogen-bond donors (Lipinski definition) is 4. The molecular formula is C38H35ClN8O5S. The molecule has 7 rings (SSSR count). The van der Waals surface area contributed by atoms with Gasteiger partial charge < -0.3 is 20.7 Å². The molecule has 2 aliphatic heterocycles. The number of fused-ring (bicyclic) bond motifs is 4. The number of halogens is 1. The van der Waals surface area contributed by atoms with Crippen molar-refractivity contribution >= 4 is 52.4 Å². The lowest BCUT2D eigenvalue weighted by Crippen LogP contribution is -2.40. The van der Waals surface area contributed by atoms with E-state index in [1.165, 1.54) is 0 Å². The Bertz CT molecular complexity index is 2280. The molecule has 53 heavy (non-hydrogen) atoms. The number of carbonyl (C=O) groups is 4. The fraction of sp³-hybridized carbons (Fsp3) is 0.237. The van der Waals surface area contributed by atoms with E-state index in [1.54, 1.807) is 53.8 Å². The molecule has 15 heteroatoms. The summed E-state index contributed by atoms with van der Waals surface area (Å²) in [5, 5.41) is 21.1. The maximum Gasteiger partial charge on any atom is 0.315 e. The molecule has 2 aromatic heterocycles. The monoisotopic (exact) mass is 750 g/mol. The van der Waals surface area contributed by atoms with E-state index in [0.29, 0.717) is 39.3 Å². The van der Waals surface area contributed by atoms with Gasteiger partial charge >= 0.3 is 6.03 Å². The molecule has 5 amide bonds. The first kappa shape index (κ1) is 35.5. The zero-order chi connectivity index (χ0) is 37.2. The molecule has 0 saturated carbocycles. The van der Waals surface area contributed by atoms with Gasteiger partial charge in [-0.3, -0.25) is 29.3 Å². The van der Waals surface area contributed by atoms with Gasteiger partial charge in [-0.25, -0.2) is 4.79 Å². The maximum absolute atomic E-state index is 13.2. The summed E-state index contributed by atoms with van der Waals surface area (Å²) in [6, 6.07) is 18.7. The average Bonchev–Trinajstić information content (AvgIpc) is 3.61. The van der Waals surface area contributed by atoms with Crippen LogP contribution in [0.5, 0.6) is 11.5 Å². The van der Waals surface area contributed by atoms with Gasteiger partial charge in [0, 0.05) is 40.7 Å². The molecule has 2 aliphatic rings. The molecule has 0 saturated heterocycles. The molecule has 4 heterocycles. The number of carbonyl (C=O) groups excluding carboxylic acids is 4. The van der Waals surface area contributed by atoms with E-state index < -0.39 is 18.0 Å². The summed E-state index contributed by atoms with van der Waals surface area (Å²) in [5.74, 6) is 1.08. The SMILES string of the molecule is Cc1sc2c(c1C)C(c1ccc(Cl)cc1)=N[C@@H](CC(=O)NCCNC(=O)NCc1ccc(Oc3cccc4c3C(=O)NC(=O)C4)cc1)c1nnc(C)n1-2. The Kier molecular flexibility index (Phi) is 10.1. The highest BCUT2D eigenvalue weighted by Crippen LogP contribution is 2.39. The van der Waals surface area contributed by atoms with Crippen LogP contribution < -0.4 is 26.0 Å². The number of rotatable bonds is 10. The van der Waals surface area contributed by atoms with Gasteiger partial charge in [-0.15, -0.1) is 21.5 Å². The quantitative estimate of drug-likeness (QED) is 0.109. The zero-order valence-electron chi connectivity index (χ0n) is 29.1. The Morgan fingerprint density at radius 2 is 1.70 bits per heavy atom. The van der Waals surface area contributed by atoms with Gasteiger partial charge in [-0.1, -0.05) is 48.0 Å². The van der Waals surface area contributed by atoms with Crippen LogP contribution in [0.2, 0.25) is 5.02 Å². The fourth-order valence-corrected chi connectivity index (χ4v) is 7.62. The Labute approximate surface area is 313 Å². The number of imide groups is 1. The van der Waals surface area contributed by atoms with Crippen LogP contribution in [-0.2, 0) is 22.6 Å². The number of nitrogens with one attached hydrogen (secondary N) is 4. The van der Waals surface area contributed by atoms with Crippen LogP contribution in [0, 0.1) is 20.8 Å². The average molecular weight is 751 g/mol. The second kappa shape index (κ2) is 15.0. The summed E-state index contributed by atoms with van der Waals surface area (Å²) in [5.41, 5.74) is 5.53. The first-order valence-corrected chi connectivity index (χ1v) is 18.1. The highest BCUT2D eigenvalue weighted by atomic mass is 35.5. The van der Waals surface area contributed by atoms with Gasteiger partial charge in [0.05, 0.1) is 24.1 Å².